The summed E-state index contributed by atoms with van der Waals surface area (Å²) in [6.07, 6.45) is 0. The highest BCUT2D eigenvalue weighted by molar-refractivity contribution is 5.69. The predicted molar refractivity (Wildman–Crippen MR) is 74.1 cm³/mol. The highest BCUT2D eigenvalue weighted by Gasteiger charge is 2.08. The number of hydrogen-bond donors (Lipinski definition) is 1. The van der Waals surface area contributed by atoms with E-state index in [1.165, 1.54) is 11.6 Å². The highest BCUT2D eigenvalue weighted by Crippen LogP contribution is 2.28. The first-order chi connectivity index (χ1) is 8.61. The zero-order valence-electron chi connectivity index (χ0n) is 11.0. The van der Waals surface area contributed by atoms with Gasteiger partial charge in [0.25, 0.3) is 0 Å². The number of rotatable bonds is 3. The van der Waals surface area contributed by atoms with Crippen LogP contribution in [0.3, 0.4) is 0 Å². The Bertz CT molecular complexity index is 561. The second-order valence-electron chi connectivity index (χ2n) is 4.66. The van der Waals surface area contributed by atoms with Crippen LogP contribution in [0.4, 0.5) is 4.39 Å². The Morgan fingerprint density at radius 2 is 1.78 bits per heavy atom. The molecule has 0 heterocycles. The summed E-state index contributed by atoms with van der Waals surface area (Å²) in [5.74, 6) is -0.162. The van der Waals surface area contributed by atoms with Crippen molar-refractivity contribution in [2.75, 3.05) is 7.05 Å². The Kier molecular flexibility index (Phi) is 3.78. The number of halogens is 1. The predicted octanol–water partition coefficient (Wildman–Crippen LogP) is 3.83. The summed E-state index contributed by atoms with van der Waals surface area (Å²) in [4.78, 5) is 0. The Labute approximate surface area is 108 Å². The van der Waals surface area contributed by atoms with E-state index in [1.807, 2.05) is 33.0 Å². The first-order valence-electron chi connectivity index (χ1n) is 6.12. The first-order valence-corrected chi connectivity index (χ1v) is 6.12. The van der Waals surface area contributed by atoms with E-state index in [0.29, 0.717) is 5.56 Å². The van der Waals surface area contributed by atoms with Crippen LogP contribution in [0, 0.1) is 19.7 Å². The Balaban J connectivity index is 2.55. The molecule has 2 aromatic carbocycles. The summed E-state index contributed by atoms with van der Waals surface area (Å²) in [5.41, 5.74) is 5.00. The number of aryl methyl sites for hydroxylation is 2. The lowest BCUT2D eigenvalue weighted by molar-refractivity contribution is 0.630. The molecule has 1 N–H and O–H groups in total. The van der Waals surface area contributed by atoms with Crippen molar-refractivity contribution in [3.8, 4) is 11.1 Å². The molecule has 0 aromatic heterocycles. The third-order valence-electron chi connectivity index (χ3n) is 3.09. The molecule has 0 aliphatic heterocycles. The van der Waals surface area contributed by atoms with Crippen molar-refractivity contribution in [1.82, 2.24) is 5.32 Å². The minimum absolute atomic E-state index is 0.162. The first kappa shape index (κ1) is 12.8. The second kappa shape index (κ2) is 5.32. The Morgan fingerprint density at radius 3 is 2.50 bits per heavy atom. The quantitative estimate of drug-likeness (QED) is 0.864. The Hall–Kier alpha value is -1.67. The number of benzene rings is 2. The smallest absolute Gasteiger partial charge is 0.131 e. The standard InChI is InChI=1S/C16H18FN/c1-11-4-7-16(17)15(8-11)14-9-13(10-18-3)6-5-12(14)2/h4-9,18H,10H2,1-3H3. The van der Waals surface area contributed by atoms with Crippen LogP contribution in [0.5, 0.6) is 0 Å². The normalized spacial score (nSPS) is 10.7. The molecule has 0 amide bonds. The lowest BCUT2D eigenvalue weighted by Crippen LogP contribution is -2.05. The van der Waals surface area contributed by atoms with Crippen LogP contribution in [0.15, 0.2) is 36.4 Å². The molecule has 0 aliphatic rings. The summed E-state index contributed by atoms with van der Waals surface area (Å²) in [7, 11) is 1.91. The molecule has 2 rings (SSSR count). The molecule has 0 fully saturated rings. The van der Waals surface area contributed by atoms with Gasteiger partial charge in [0, 0.05) is 12.1 Å². The molecule has 0 unspecified atom stereocenters. The summed E-state index contributed by atoms with van der Waals surface area (Å²) in [5, 5.41) is 3.11. The summed E-state index contributed by atoms with van der Waals surface area (Å²) in [6, 6.07) is 11.4. The van der Waals surface area contributed by atoms with Crippen LogP contribution < -0.4 is 5.32 Å². The fourth-order valence-corrected chi connectivity index (χ4v) is 2.12. The van der Waals surface area contributed by atoms with Gasteiger partial charge in [0.05, 0.1) is 0 Å². The summed E-state index contributed by atoms with van der Waals surface area (Å²) in [6.45, 7) is 4.79. The van der Waals surface area contributed by atoms with Gasteiger partial charge in [-0.25, -0.2) is 4.39 Å². The van der Waals surface area contributed by atoms with Crippen molar-refractivity contribution in [1.29, 1.82) is 0 Å². The van der Waals surface area contributed by atoms with Crippen molar-refractivity contribution >= 4 is 0 Å². The molecule has 2 heteroatoms. The van der Waals surface area contributed by atoms with Gasteiger partial charge >= 0.3 is 0 Å². The van der Waals surface area contributed by atoms with Crippen LogP contribution in [-0.4, -0.2) is 7.05 Å². The van der Waals surface area contributed by atoms with Crippen LogP contribution in [-0.2, 0) is 6.54 Å². The lowest BCUT2D eigenvalue weighted by atomic mass is 9.96. The minimum Gasteiger partial charge on any atom is -0.316 e. The third kappa shape index (κ3) is 2.59. The lowest BCUT2D eigenvalue weighted by Gasteiger charge is -2.11. The van der Waals surface area contributed by atoms with Crippen molar-refractivity contribution in [2.45, 2.75) is 20.4 Å². The zero-order valence-corrected chi connectivity index (χ0v) is 11.0. The molecule has 0 saturated carbocycles. The molecule has 0 spiro atoms. The largest absolute Gasteiger partial charge is 0.316 e. The van der Waals surface area contributed by atoms with E-state index in [9.17, 15) is 4.39 Å². The van der Waals surface area contributed by atoms with E-state index < -0.39 is 0 Å². The van der Waals surface area contributed by atoms with Gasteiger partial charge < -0.3 is 5.32 Å². The molecule has 2 aromatic rings. The molecule has 0 saturated heterocycles. The summed E-state index contributed by atoms with van der Waals surface area (Å²) >= 11 is 0. The molecule has 0 atom stereocenters. The molecular formula is C16H18FN. The molecule has 18 heavy (non-hydrogen) atoms. The third-order valence-corrected chi connectivity index (χ3v) is 3.09. The molecular weight excluding hydrogens is 225 g/mol. The van der Waals surface area contributed by atoms with Crippen LogP contribution in [0.2, 0.25) is 0 Å². The van der Waals surface area contributed by atoms with Crippen molar-refractivity contribution in [3.63, 3.8) is 0 Å². The average molecular weight is 243 g/mol. The van der Waals surface area contributed by atoms with Gasteiger partial charge in [-0.2, -0.15) is 0 Å². The van der Waals surface area contributed by atoms with E-state index in [0.717, 1.165) is 23.2 Å². The average Bonchev–Trinajstić information content (AvgIpc) is 2.35. The number of nitrogens with one attached hydrogen (secondary N) is 1. The van der Waals surface area contributed by atoms with E-state index in [-0.39, 0.29) is 5.82 Å². The van der Waals surface area contributed by atoms with Gasteiger partial charge in [0.1, 0.15) is 5.82 Å². The summed E-state index contributed by atoms with van der Waals surface area (Å²) < 4.78 is 13.9. The van der Waals surface area contributed by atoms with Gasteiger partial charge in [0.2, 0.25) is 0 Å². The minimum atomic E-state index is -0.162. The molecule has 0 bridgehead atoms. The molecule has 94 valence electrons. The molecule has 1 nitrogen and oxygen atoms in total. The Morgan fingerprint density at radius 1 is 1.00 bits per heavy atom. The van der Waals surface area contributed by atoms with E-state index >= 15 is 0 Å². The molecule has 0 aliphatic carbocycles. The van der Waals surface area contributed by atoms with Crippen molar-refractivity contribution in [2.24, 2.45) is 0 Å². The maximum Gasteiger partial charge on any atom is 0.131 e. The number of hydrogen-bond acceptors (Lipinski definition) is 1. The zero-order chi connectivity index (χ0) is 13.1. The second-order valence-corrected chi connectivity index (χ2v) is 4.66. The fourth-order valence-electron chi connectivity index (χ4n) is 2.12. The fraction of sp³-hybridized carbons (Fsp3) is 0.250. The molecule has 0 radical (unpaired) electrons. The van der Waals surface area contributed by atoms with Gasteiger partial charge in [-0.1, -0.05) is 23.8 Å². The SMILES string of the molecule is CNCc1ccc(C)c(-c2cc(C)ccc2F)c1. The maximum atomic E-state index is 13.9. The van der Waals surface area contributed by atoms with Crippen molar-refractivity contribution < 1.29 is 4.39 Å². The monoisotopic (exact) mass is 243 g/mol. The van der Waals surface area contributed by atoms with Gasteiger partial charge in [-0.15, -0.1) is 0 Å². The maximum absolute atomic E-state index is 13.9. The van der Waals surface area contributed by atoms with Crippen LogP contribution in [0.1, 0.15) is 16.7 Å². The van der Waals surface area contributed by atoms with Crippen LogP contribution in [0.25, 0.3) is 11.1 Å². The van der Waals surface area contributed by atoms with E-state index in [4.69, 9.17) is 0 Å². The van der Waals surface area contributed by atoms with E-state index in [1.54, 1.807) is 6.07 Å². The van der Waals surface area contributed by atoms with Gasteiger partial charge in [-0.3, -0.25) is 0 Å². The van der Waals surface area contributed by atoms with E-state index in [2.05, 4.69) is 17.4 Å². The van der Waals surface area contributed by atoms with Crippen LogP contribution >= 0.6 is 0 Å². The topological polar surface area (TPSA) is 12.0 Å². The van der Waals surface area contributed by atoms with Gasteiger partial charge in [0.15, 0.2) is 0 Å². The van der Waals surface area contributed by atoms with Crippen molar-refractivity contribution in [3.05, 3.63) is 58.9 Å². The van der Waals surface area contributed by atoms with Gasteiger partial charge in [-0.05, 0) is 55.8 Å². The highest BCUT2D eigenvalue weighted by atomic mass is 19.1.